The van der Waals surface area contributed by atoms with Gasteiger partial charge in [0.15, 0.2) is 0 Å². The molecule has 1 aromatic heterocycles. The van der Waals surface area contributed by atoms with Crippen molar-refractivity contribution < 1.29 is 5.11 Å². The fraction of sp³-hybridized carbons (Fsp3) is 0.312. The van der Waals surface area contributed by atoms with E-state index in [1.807, 2.05) is 38.1 Å². The number of aliphatic hydroxyl groups excluding tert-OH is 1. The molecule has 1 unspecified atom stereocenters. The Morgan fingerprint density at radius 2 is 1.67 bits per heavy atom. The Kier molecular flexibility index (Phi) is 3.48. The minimum Gasteiger partial charge on any atom is -0.382 e. The normalized spacial score (nSPS) is 12.5. The molecular formula is C16H19NO. The maximum atomic E-state index is 10.4. The van der Waals surface area contributed by atoms with Crippen LogP contribution >= 0.6 is 0 Å². The molecule has 0 aliphatic heterocycles. The van der Waals surface area contributed by atoms with Gasteiger partial charge in [0.1, 0.15) is 6.10 Å². The highest BCUT2D eigenvalue weighted by atomic mass is 16.3. The maximum Gasteiger partial charge on any atom is 0.121 e. The summed E-state index contributed by atoms with van der Waals surface area (Å²) in [7, 11) is 0. The summed E-state index contributed by atoms with van der Waals surface area (Å²) < 4.78 is 0. The van der Waals surface area contributed by atoms with Crippen LogP contribution in [-0.2, 0) is 0 Å². The lowest BCUT2D eigenvalue weighted by Crippen LogP contribution is -2.05. The first-order valence-corrected chi connectivity index (χ1v) is 6.17. The van der Waals surface area contributed by atoms with Gasteiger partial charge in [-0.25, -0.2) is 0 Å². The van der Waals surface area contributed by atoms with Crippen molar-refractivity contribution in [2.45, 2.75) is 33.8 Å². The summed E-state index contributed by atoms with van der Waals surface area (Å²) in [6.07, 6.45) is 1.15. The molecule has 0 aliphatic carbocycles. The lowest BCUT2D eigenvalue weighted by atomic mass is 9.98. The molecule has 2 nitrogen and oxygen atoms in total. The number of aromatic nitrogens is 1. The van der Waals surface area contributed by atoms with Crippen LogP contribution in [0, 0.1) is 27.7 Å². The van der Waals surface area contributed by atoms with Crippen molar-refractivity contribution in [1.29, 1.82) is 0 Å². The minimum absolute atomic E-state index is 0.648. The third-order valence-electron chi connectivity index (χ3n) is 3.36. The Bertz CT molecular complexity index is 575. The molecule has 0 fully saturated rings. The Morgan fingerprint density at radius 3 is 2.28 bits per heavy atom. The van der Waals surface area contributed by atoms with Gasteiger partial charge in [0.2, 0.25) is 0 Å². The molecule has 0 radical (unpaired) electrons. The Hall–Kier alpha value is -1.67. The molecule has 0 saturated carbocycles. The van der Waals surface area contributed by atoms with Gasteiger partial charge in [0.05, 0.1) is 5.69 Å². The Morgan fingerprint density at radius 1 is 0.944 bits per heavy atom. The molecule has 0 aliphatic rings. The number of rotatable bonds is 2. The molecule has 1 heterocycles. The molecule has 0 bridgehead atoms. The van der Waals surface area contributed by atoms with E-state index in [1.54, 1.807) is 6.20 Å². The number of pyridine rings is 1. The monoisotopic (exact) mass is 241 g/mol. The van der Waals surface area contributed by atoms with Crippen LogP contribution in [0.15, 0.2) is 30.5 Å². The first kappa shape index (κ1) is 12.8. The van der Waals surface area contributed by atoms with Crippen molar-refractivity contribution in [2.24, 2.45) is 0 Å². The fourth-order valence-corrected chi connectivity index (χ4v) is 2.10. The van der Waals surface area contributed by atoms with Crippen LogP contribution in [0.25, 0.3) is 0 Å². The molecule has 2 heteroatoms. The minimum atomic E-state index is -0.648. The number of nitrogens with zero attached hydrogens (tertiary/aromatic N) is 1. The number of aliphatic hydroxyl groups is 1. The highest BCUT2D eigenvalue weighted by Crippen LogP contribution is 2.24. The van der Waals surface area contributed by atoms with Crippen molar-refractivity contribution in [3.8, 4) is 0 Å². The van der Waals surface area contributed by atoms with E-state index in [2.05, 4.69) is 18.8 Å². The summed E-state index contributed by atoms with van der Waals surface area (Å²) in [6.45, 7) is 8.12. The Labute approximate surface area is 108 Å². The van der Waals surface area contributed by atoms with Gasteiger partial charge in [-0.2, -0.15) is 0 Å². The van der Waals surface area contributed by atoms with Crippen LogP contribution in [0.3, 0.4) is 0 Å². The van der Waals surface area contributed by atoms with E-state index >= 15 is 0 Å². The molecular weight excluding hydrogens is 222 g/mol. The topological polar surface area (TPSA) is 33.1 Å². The highest BCUT2D eigenvalue weighted by Gasteiger charge is 2.14. The average molecular weight is 241 g/mol. The van der Waals surface area contributed by atoms with Gasteiger partial charge >= 0.3 is 0 Å². The van der Waals surface area contributed by atoms with E-state index in [1.165, 1.54) is 11.1 Å². The number of hydrogen-bond acceptors (Lipinski definition) is 2. The summed E-state index contributed by atoms with van der Waals surface area (Å²) >= 11 is 0. The molecule has 0 spiro atoms. The van der Waals surface area contributed by atoms with Crippen LogP contribution in [0.4, 0.5) is 0 Å². The second-order valence-corrected chi connectivity index (χ2v) is 4.96. The third-order valence-corrected chi connectivity index (χ3v) is 3.36. The van der Waals surface area contributed by atoms with Crippen LogP contribution in [0.2, 0.25) is 0 Å². The second-order valence-electron chi connectivity index (χ2n) is 4.96. The molecule has 0 saturated heterocycles. The zero-order chi connectivity index (χ0) is 13.3. The highest BCUT2D eigenvalue weighted by molar-refractivity contribution is 5.36. The molecule has 1 atom stereocenters. The molecule has 18 heavy (non-hydrogen) atoms. The molecule has 1 aromatic carbocycles. The second kappa shape index (κ2) is 4.91. The first-order valence-electron chi connectivity index (χ1n) is 6.17. The average Bonchev–Trinajstić information content (AvgIpc) is 2.32. The van der Waals surface area contributed by atoms with Crippen molar-refractivity contribution in [1.82, 2.24) is 4.98 Å². The van der Waals surface area contributed by atoms with Crippen molar-refractivity contribution >= 4 is 0 Å². The fourth-order valence-electron chi connectivity index (χ4n) is 2.10. The summed E-state index contributed by atoms with van der Waals surface area (Å²) in [5.41, 5.74) is 6.21. The quantitative estimate of drug-likeness (QED) is 0.874. The van der Waals surface area contributed by atoms with Crippen LogP contribution < -0.4 is 0 Å². The van der Waals surface area contributed by atoms with Crippen molar-refractivity contribution in [3.63, 3.8) is 0 Å². The third kappa shape index (κ3) is 2.44. The van der Waals surface area contributed by atoms with Gasteiger partial charge in [0, 0.05) is 6.20 Å². The van der Waals surface area contributed by atoms with E-state index in [0.29, 0.717) is 0 Å². The van der Waals surface area contributed by atoms with E-state index in [-0.39, 0.29) is 0 Å². The van der Waals surface area contributed by atoms with Gasteiger partial charge < -0.3 is 5.11 Å². The van der Waals surface area contributed by atoms with Gasteiger partial charge in [0.25, 0.3) is 0 Å². The van der Waals surface area contributed by atoms with E-state index in [4.69, 9.17) is 0 Å². The van der Waals surface area contributed by atoms with Gasteiger partial charge in [-0.1, -0.05) is 24.3 Å². The van der Waals surface area contributed by atoms with Gasteiger partial charge in [-0.05, 0) is 55.5 Å². The SMILES string of the molecule is Cc1cnc(C(O)c2ccc(C)c(C)c2)c(C)c1. The maximum absolute atomic E-state index is 10.4. The molecule has 2 aromatic rings. The molecule has 2 rings (SSSR count). The zero-order valence-corrected chi connectivity index (χ0v) is 11.4. The zero-order valence-electron chi connectivity index (χ0n) is 11.4. The summed E-state index contributed by atoms with van der Waals surface area (Å²) in [4.78, 5) is 4.36. The smallest absolute Gasteiger partial charge is 0.121 e. The van der Waals surface area contributed by atoms with Gasteiger partial charge in [-0.3, -0.25) is 4.98 Å². The molecule has 0 amide bonds. The van der Waals surface area contributed by atoms with Crippen LogP contribution in [0.1, 0.15) is 39.6 Å². The van der Waals surface area contributed by atoms with Gasteiger partial charge in [-0.15, -0.1) is 0 Å². The van der Waals surface area contributed by atoms with E-state index < -0.39 is 6.10 Å². The predicted octanol–water partition coefficient (Wildman–Crippen LogP) is 3.40. The largest absolute Gasteiger partial charge is 0.382 e. The van der Waals surface area contributed by atoms with Crippen molar-refractivity contribution in [2.75, 3.05) is 0 Å². The predicted molar refractivity (Wildman–Crippen MR) is 73.7 cm³/mol. The van der Waals surface area contributed by atoms with Crippen molar-refractivity contribution in [3.05, 3.63) is 64.0 Å². The summed E-state index contributed by atoms with van der Waals surface area (Å²) in [5, 5.41) is 10.4. The number of hydrogen-bond donors (Lipinski definition) is 1. The standard InChI is InChI=1S/C16H19NO/c1-10-7-13(4)15(17-9-10)16(18)14-6-5-11(2)12(3)8-14/h5-9,16,18H,1-4H3. The summed E-state index contributed by atoms with van der Waals surface area (Å²) in [5.74, 6) is 0. The van der Waals surface area contributed by atoms with Crippen LogP contribution in [-0.4, -0.2) is 10.1 Å². The number of benzene rings is 1. The first-order chi connectivity index (χ1) is 8.49. The van der Waals surface area contributed by atoms with E-state index in [9.17, 15) is 5.11 Å². The lowest BCUT2D eigenvalue weighted by Gasteiger charge is -2.14. The summed E-state index contributed by atoms with van der Waals surface area (Å²) in [6, 6.07) is 8.08. The lowest BCUT2D eigenvalue weighted by molar-refractivity contribution is 0.214. The molecule has 1 N–H and O–H groups in total. The van der Waals surface area contributed by atoms with Crippen LogP contribution in [0.5, 0.6) is 0 Å². The molecule has 94 valence electrons. The van der Waals surface area contributed by atoms with E-state index in [0.717, 1.165) is 22.4 Å². The Balaban J connectivity index is 2.41. The number of aryl methyl sites for hydroxylation is 4.